The van der Waals surface area contributed by atoms with Crippen LogP contribution in [0.2, 0.25) is 0 Å². The molecule has 2 nitrogen and oxygen atoms in total. The number of anilines is 1. The van der Waals surface area contributed by atoms with Crippen molar-refractivity contribution in [3.63, 3.8) is 0 Å². The van der Waals surface area contributed by atoms with Crippen molar-refractivity contribution >= 4 is 33.3 Å². The highest BCUT2D eigenvalue weighted by Gasteiger charge is 2.19. The van der Waals surface area contributed by atoms with E-state index in [9.17, 15) is 0 Å². The number of halogens is 2. The van der Waals surface area contributed by atoms with Crippen LogP contribution in [0.5, 0.6) is 0 Å². The molecule has 88 valence electrons. The molecule has 1 fully saturated rings. The molecule has 2 heterocycles. The molecule has 0 saturated carbocycles. The van der Waals surface area contributed by atoms with E-state index in [0.29, 0.717) is 5.92 Å². The molecule has 0 aromatic carbocycles. The molecule has 0 radical (unpaired) electrons. The monoisotopic (exact) mass is 302 g/mol. The molecule has 0 spiro atoms. The van der Waals surface area contributed by atoms with E-state index in [1.807, 2.05) is 6.92 Å². The lowest BCUT2D eigenvalue weighted by Gasteiger charge is -2.32. The molecule has 4 heteroatoms. The van der Waals surface area contributed by atoms with E-state index in [0.717, 1.165) is 35.0 Å². The molecule has 16 heavy (non-hydrogen) atoms. The Balaban J connectivity index is 2.05. The average Bonchev–Trinajstić information content (AvgIpc) is 2.33. The Morgan fingerprint density at radius 2 is 2.12 bits per heavy atom. The van der Waals surface area contributed by atoms with Crippen molar-refractivity contribution in [2.45, 2.75) is 19.8 Å². The summed E-state index contributed by atoms with van der Waals surface area (Å²) in [7, 11) is 0. The second kappa shape index (κ2) is 5.37. The first-order valence-electron chi connectivity index (χ1n) is 5.64. The first-order chi connectivity index (χ1) is 7.70. The fourth-order valence-electron chi connectivity index (χ4n) is 2.02. The number of pyridine rings is 1. The Morgan fingerprint density at radius 1 is 1.44 bits per heavy atom. The minimum atomic E-state index is 0.689. The van der Waals surface area contributed by atoms with Gasteiger partial charge in [-0.15, -0.1) is 11.6 Å². The third kappa shape index (κ3) is 2.69. The lowest BCUT2D eigenvalue weighted by atomic mass is 9.99. The second-order valence-electron chi connectivity index (χ2n) is 4.32. The maximum absolute atomic E-state index is 5.88. The van der Waals surface area contributed by atoms with Crippen LogP contribution in [0, 0.1) is 12.8 Å². The van der Waals surface area contributed by atoms with Gasteiger partial charge in [-0.05, 0) is 53.7 Å². The van der Waals surface area contributed by atoms with Crippen LogP contribution in [0.15, 0.2) is 16.6 Å². The highest BCUT2D eigenvalue weighted by Crippen LogP contribution is 2.24. The first-order valence-corrected chi connectivity index (χ1v) is 6.97. The van der Waals surface area contributed by atoms with Crippen molar-refractivity contribution < 1.29 is 0 Å². The maximum atomic E-state index is 5.88. The number of alkyl halides is 1. The van der Waals surface area contributed by atoms with Gasteiger partial charge in [-0.3, -0.25) is 0 Å². The lowest BCUT2D eigenvalue weighted by Crippen LogP contribution is -2.34. The third-order valence-electron chi connectivity index (χ3n) is 3.16. The molecular formula is C12H16BrClN2. The maximum Gasteiger partial charge on any atom is 0.128 e. The van der Waals surface area contributed by atoms with Gasteiger partial charge in [0.15, 0.2) is 0 Å². The lowest BCUT2D eigenvalue weighted by molar-refractivity contribution is 0.441. The van der Waals surface area contributed by atoms with Gasteiger partial charge in [-0.2, -0.15) is 0 Å². The van der Waals surface area contributed by atoms with E-state index >= 15 is 0 Å². The van der Waals surface area contributed by atoms with Gasteiger partial charge in [0.1, 0.15) is 5.82 Å². The highest BCUT2D eigenvalue weighted by atomic mass is 79.9. The normalized spacial score (nSPS) is 17.8. The van der Waals surface area contributed by atoms with E-state index in [1.54, 1.807) is 0 Å². The Morgan fingerprint density at radius 3 is 2.69 bits per heavy atom. The molecule has 1 aliphatic rings. The number of aromatic nitrogens is 1. The number of hydrogen-bond acceptors (Lipinski definition) is 2. The summed E-state index contributed by atoms with van der Waals surface area (Å²) in [6.07, 6.45) is 2.36. The van der Waals surface area contributed by atoms with E-state index in [4.69, 9.17) is 11.6 Å². The molecule has 0 aliphatic carbocycles. The van der Waals surface area contributed by atoms with Crippen LogP contribution in [-0.2, 0) is 0 Å². The molecule has 0 bridgehead atoms. The zero-order valence-corrected chi connectivity index (χ0v) is 11.8. The quantitative estimate of drug-likeness (QED) is 0.776. The largest absolute Gasteiger partial charge is 0.357 e. The minimum Gasteiger partial charge on any atom is -0.357 e. The number of aryl methyl sites for hydroxylation is 1. The SMILES string of the molecule is Cc1nc(N2CCC(CCl)CC2)ccc1Br. The number of rotatable bonds is 2. The Bertz CT molecular complexity index is 362. The van der Waals surface area contributed by atoms with Crippen molar-refractivity contribution in [2.24, 2.45) is 5.92 Å². The van der Waals surface area contributed by atoms with Crippen LogP contribution in [0.25, 0.3) is 0 Å². The number of hydrogen-bond donors (Lipinski definition) is 0. The molecule has 0 atom stereocenters. The summed E-state index contributed by atoms with van der Waals surface area (Å²) in [5.41, 5.74) is 1.05. The fraction of sp³-hybridized carbons (Fsp3) is 0.583. The van der Waals surface area contributed by atoms with E-state index in [2.05, 4.69) is 37.9 Å². The van der Waals surface area contributed by atoms with E-state index in [-0.39, 0.29) is 0 Å². The average molecular weight is 304 g/mol. The van der Waals surface area contributed by atoms with Gasteiger partial charge in [0.2, 0.25) is 0 Å². The van der Waals surface area contributed by atoms with E-state index in [1.165, 1.54) is 12.8 Å². The van der Waals surface area contributed by atoms with Crippen LogP contribution in [0.3, 0.4) is 0 Å². The first kappa shape index (κ1) is 12.2. The topological polar surface area (TPSA) is 16.1 Å². The molecule has 0 N–H and O–H groups in total. The van der Waals surface area contributed by atoms with Crippen molar-refractivity contribution in [1.29, 1.82) is 0 Å². The Labute approximate surface area is 110 Å². The molecule has 1 aromatic rings. The van der Waals surface area contributed by atoms with Crippen molar-refractivity contribution in [2.75, 3.05) is 23.9 Å². The van der Waals surface area contributed by atoms with Crippen molar-refractivity contribution in [1.82, 2.24) is 4.98 Å². The summed E-state index contributed by atoms with van der Waals surface area (Å²) >= 11 is 9.36. The predicted octanol–water partition coefficient (Wildman–Crippen LogP) is 3.61. The van der Waals surface area contributed by atoms with Gasteiger partial charge in [-0.1, -0.05) is 0 Å². The molecule has 1 aromatic heterocycles. The van der Waals surface area contributed by atoms with Gasteiger partial charge in [-0.25, -0.2) is 4.98 Å². The van der Waals surface area contributed by atoms with Crippen LogP contribution in [0.4, 0.5) is 5.82 Å². The van der Waals surface area contributed by atoms with Crippen molar-refractivity contribution in [3.8, 4) is 0 Å². The standard InChI is InChI=1S/C12H16BrClN2/c1-9-11(13)2-3-12(15-9)16-6-4-10(8-14)5-7-16/h2-3,10H,4-8H2,1H3. The highest BCUT2D eigenvalue weighted by molar-refractivity contribution is 9.10. The van der Waals surface area contributed by atoms with Crippen LogP contribution < -0.4 is 4.90 Å². The fourth-order valence-corrected chi connectivity index (χ4v) is 2.55. The summed E-state index contributed by atoms with van der Waals surface area (Å²) in [6.45, 7) is 4.18. The summed E-state index contributed by atoms with van der Waals surface area (Å²) in [5, 5.41) is 0. The zero-order chi connectivity index (χ0) is 11.5. The molecule has 1 aliphatic heterocycles. The summed E-state index contributed by atoms with van der Waals surface area (Å²) < 4.78 is 1.08. The number of piperidine rings is 1. The van der Waals surface area contributed by atoms with Gasteiger partial charge < -0.3 is 4.90 Å². The van der Waals surface area contributed by atoms with Crippen molar-refractivity contribution in [3.05, 3.63) is 22.3 Å². The van der Waals surface area contributed by atoms with E-state index < -0.39 is 0 Å². The second-order valence-corrected chi connectivity index (χ2v) is 5.48. The molecule has 0 amide bonds. The molecule has 1 saturated heterocycles. The summed E-state index contributed by atoms with van der Waals surface area (Å²) in [6, 6.07) is 4.16. The van der Waals surface area contributed by atoms with Gasteiger partial charge >= 0.3 is 0 Å². The Kier molecular flexibility index (Phi) is 4.09. The number of nitrogens with zero attached hydrogens (tertiary/aromatic N) is 2. The summed E-state index contributed by atoms with van der Waals surface area (Å²) in [4.78, 5) is 6.94. The Hall–Kier alpha value is -0.280. The summed E-state index contributed by atoms with van der Waals surface area (Å²) in [5.74, 6) is 2.57. The third-order valence-corrected chi connectivity index (χ3v) is 4.44. The van der Waals surface area contributed by atoms with Gasteiger partial charge in [0.05, 0.1) is 5.69 Å². The molecular weight excluding hydrogens is 288 g/mol. The zero-order valence-electron chi connectivity index (χ0n) is 9.42. The van der Waals surface area contributed by atoms with Crippen LogP contribution >= 0.6 is 27.5 Å². The van der Waals surface area contributed by atoms with Crippen LogP contribution in [0.1, 0.15) is 18.5 Å². The van der Waals surface area contributed by atoms with Gasteiger partial charge in [0, 0.05) is 23.4 Å². The smallest absolute Gasteiger partial charge is 0.128 e. The molecule has 2 rings (SSSR count). The molecule has 0 unspecified atom stereocenters. The van der Waals surface area contributed by atoms with Crippen LogP contribution in [-0.4, -0.2) is 24.0 Å². The minimum absolute atomic E-state index is 0.689. The predicted molar refractivity (Wildman–Crippen MR) is 72.3 cm³/mol. The van der Waals surface area contributed by atoms with Gasteiger partial charge in [0.25, 0.3) is 0 Å².